The van der Waals surface area contributed by atoms with Crippen molar-refractivity contribution < 1.29 is 9.90 Å². The van der Waals surface area contributed by atoms with Crippen molar-refractivity contribution in [2.24, 2.45) is 0 Å². The van der Waals surface area contributed by atoms with Crippen LogP contribution in [-0.4, -0.2) is 20.6 Å². The molecule has 0 spiro atoms. The van der Waals surface area contributed by atoms with Crippen LogP contribution in [0.25, 0.3) is 5.69 Å². The summed E-state index contributed by atoms with van der Waals surface area (Å²) in [6.07, 6.45) is 4.21. The van der Waals surface area contributed by atoms with Gasteiger partial charge in [0.25, 0.3) is 0 Å². The normalized spacial score (nSPS) is 10.6. The topological polar surface area (TPSA) is 55.1 Å². The molecule has 0 saturated carbocycles. The lowest BCUT2D eigenvalue weighted by molar-refractivity contribution is -0.136. The van der Waals surface area contributed by atoms with Gasteiger partial charge in [0, 0.05) is 18.3 Å². The number of hydrogen-bond acceptors (Lipinski definition) is 2. The predicted octanol–water partition coefficient (Wildman–Crippen LogP) is 2.51. The lowest BCUT2D eigenvalue weighted by Crippen LogP contribution is -1.98. The summed E-state index contributed by atoms with van der Waals surface area (Å²) in [5.74, 6) is -0.795. The van der Waals surface area contributed by atoms with Gasteiger partial charge in [-0.05, 0) is 31.0 Å². The fraction of sp³-hybridized carbons (Fsp3) is 0.286. The summed E-state index contributed by atoms with van der Waals surface area (Å²) in [6.45, 7) is 4.09. The van der Waals surface area contributed by atoms with Crippen LogP contribution >= 0.6 is 0 Å². The Morgan fingerprint density at radius 2 is 2.17 bits per heavy atom. The highest BCUT2D eigenvalue weighted by atomic mass is 16.4. The summed E-state index contributed by atoms with van der Waals surface area (Å²) < 4.78 is 1.94. The summed E-state index contributed by atoms with van der Waals surface area (Å²) in [5.41, 5.74) is 4.25. The molecule has 1 heterocycles. The molecule has 1 N–H and O–H groups in total. The maximum Gasteiger partial charge on any atom is 0.303 e. The van der Waals surface area contributed by atoms with Gasteiger partial charge in [0.1, 0.15) is 0 Å². The molecule has 0 aliphatic heterocycles. The van der Waals surface area contributed by atoms with Crippen molar-refractivity contribution >= 4 is 5.97 Å². The van der Waals surface area contributed by atoms with Gasteiger partial charge in [-0.15, -0.1) is 0 Å². The van der Waals surface area contributed by atoms with Crippen LogP contribution in [0.1, 0.15) is 23.2 Å². The monoisotopic (exact) mass is 244 g/mol. The highest BCUT2D eigenvalue weighted by Crippen LogP contribution is 2.16. The third-order valence-corrected chi connectivity index (χ3v) is 2.87. The molecule has 18 heavy (non-hydrogen) atoms. The quantitative estimate of drug-likeness (QED) is 0.899. The van der Waals surface area contributed by atoms with Crippen LogP contribution < -0.4 is 0 Å². The molecule has 0 atom stereocenters. The van der Waals surface area contributed by atoms with Crippen LogP contribution in [-0.2, 0) is 11.2 Å². The first-order chi connectivity index (χ1) is 8.56. The third-order valence-electron chi connectivity index (χ3n) is 2.87. The molecule has 0 aliphatic rings. The molecule has 1 aromatic carbocycles. The summed E-state index contributed by atoms with van der Waals surface area (Å²) in [7, 11) is 0. The van der Waals surface area contributed by atoms with Crippen LogP contribution in [0.3, 0.4) is 0 Å². The number of aliphatic carboxylic acids is 1. The maximum atomic E-state index is 10.5. The van der Waals surface area contributed by atoms with E-state index >= 15 is 0 Å². The Bertz CT molecular complexity index is 573. The van der Waals surface area contributed by atoms with Gasteiger partial charge in [0.05, 0.1) is 18.4 Å². The fourth-order valence-electron chi connectivity index (χ4n) is 1.86. The van der Waals surface area contributed by atoms with Gasteiger partial charge >= 0.3 is 5.97 Å². The molecule has 0 amide bonds. The first kappa shape index (κ1) is 12.4. The summed E-state index contributed by atoms with van der Waals surface area (Å²) in [5, 5.41) is 8.64. The Morgan fingerprint density at radius 3 is 2.89 bits per heavy atom. The molecule has 0 radical (unpaired) electrons. The van der Waals surface area contributed by atoms with Gasteiger partial charge in [-0.1, -0.05) is 12.1 Å². The SMILES string of the molecule is Cc1ccc(C)c(-n2cnc(CCC(=O)O)c2)c1. The lowest BCUT2D eigenvalue weighted by Gasteiger charge is -2.07. The standard InChI is InChI=1S/C14H16N2O2/c1-10-3-4-11(2)13(7-10)16-8-12(15-9-16)5-6-14(17)18/h3-4,7-9H,5-6H2,1-2H3,(H,17,18). The Hall–Kier alpha value is -2.10. The van der Waals surface area contributed by atoms with E-state index in [2.05, 4.69) is 23.2 Å². The summed E-state index contributed by atoms with van der Waals surface area (Å²) in [6, 6.07) is 6.24. The zero-order chi connectivity index (χ0) is 13.1. The molecule has 4 nitrogen and oxygen atoms in total. The van der Waals surface area contributed by atoms with E-state index in [1.165, 1.54) is 11.1 Å². The number of carboxylic acids is 1. The first-order valence-corrected chi connectivity index (χ1v) is 5.88. The number of nitrogens with zero attached hydrogens (tertiary/aromatic N) is 2. The molecule has 4 heteroatoms. The molecule has 0 bridgehead atoms. The third kappa shape index (κ3) is 2.77. The van der Waals surface area contributed by atoms with E-state index < -0.39 is 5.97 Å². The lowest BCUT2D eigenvalue weighted by atomic mass is 10.1. The number of carbonyl (C=O) groups is 1. The summed E-state index contributed by atoms with van der Waals surface area (Å²) >= 11 is 0. The van der Waals surface area contributed by atoms with Gasteiger partial charge in [-0.2, -0.15) is 0 Å². The van der Waals surface area contributed by atoms with E-state index in [0.29, 0.717) is 6.42 Å². The van der Waals surface area contributed by atoms with Gasteiger partial charge in [0.15, 0.2) is 0 Å². The molecular weight excluding hydrogens is 228 g/mol. The van der Waals surface area contributed by atoms with E-state index in [1.807, 2.05) is 24.6 Å². The van der Waals surface area contributed by atoms with Crippen molar-refractivity contribution in [3.8, 4) is 5.69 Å². The Kier molecular flexibility index (Phi) is 3.46. The number of rotatable bonds is 4. The molecule has 0 unspecified atom stereocenters. The Balaban J connectivity index is 2.23. The van der Waals surface area contributed by atoms with Crippen LogP contribution in [0.5, 0.6) is 0 Å². The molecular formula is C14H16N2O2. The number of aromatic nitrogens is 2. The minimum Gasteiger partial charge on any atom is -0.481 e. The number of benzene rings is 1. The van der Waals surface area contributed by atoms with Gasteiger partial charge in [0.2, 0.25) is 0 Å². The molecule has 2 rings (SSSR count). The van der Waals surface area contributed by atoms with E-state index in [0.717, 1.165) is 11.4 Å². The molecule has 94 valence electrons. The van der Waals surface area contributed by atoms with Crippen LogP contribution in [0, 0.1) is 13.8 Å². The van der Waals surface area contributed by atoms with Crippen molar-refractivity contribution in [2.45, 2.75) is 26.7 Å². The van der Waals surface area contributed by atoms with Crippen molar-refractivity contribution in [3.63, 3.8) is 0 Å². The van der Waals surface area contributed by atoms with Crippen molar-refractivity contribution in [3.05, 3.63) is 47.5 Å². The van der Waals surface area contributed by atoms with Gasteiger partial charge < -0.3 is 9.67 Å². The molecule has 2 aromatic rings. The predicted molar refractivity (Wildman–Crippen MR) is 69.0 cm³/mol. The Labute approximate surface area is 106 Å². The van der Waals surface area contributed by atoms with E-state index in [1.54, 1.807) is 6.33 Å². The Morgan fingerprint density at radius 1 is 1.39 bits per heavy atom. The molecule has 0 saturated heterocycles. The molecule has 1 aromatic heterocycles. The smallest absolute Gasteiger partial charge is 0.303 e. The highest BCUT2D eigenvalue weighted by Gasteiger charge is 2.05. The van der Waals surface area contributed by atoms with Crippen molar-refractivity contribution in [2.75, 3.05) is 0 Å². The van der Waals surface area contributed by atoms with E-state index in [-0.39, 0.29) is 6.42 Å². The number of carboxylic acid groups (broad SMARTS) is 1. The van der Waals surface area contributed by atoms with Crippen molar-refractivity contribution in [1.29, 1.82) is 0 Å². The van der Waals surface area contributed by atoms with E-state index in [4.69, 9.17) is 5.11 Å². The zero-order valence-corrected chi connectivity index (χ0v) is 10.6. The van der Waals surface area contributed by atoms with Crippen LogP contribution in [0.4, 0.5) is 0 Å². The second kappa shape index (κ2) is 5.04. The van der Waals surface area contributed by atoms with Gasteiger partial charge in [-0.3, -0.25) is 4.79 Å². The zero-order valence-electron chi connectivity index (χ0n) is 10.6. The van der Waals surface area contributed by atoms with Crippen molar-refractivity contribution in [1.82, 2.24) is 9.55 Å². The maximum absolute atomic E-state index is 10.5. The molecule has 0 aliphatic carbocycles. The number of hydrogen-bond donors (Lipinski definition) is 1. The minimum absolute atomic E-state index is 0.115. The summed E-state index contributed by atoms with van der Waals surface area (Å²) in [4.78, 5) is 14.7. The number of imidazole rings is 1. The minimum atomic E-state index is -0.795. The molecule has 0 fully saturated rings. The highest BCUT2D eigenvalue weighted by molar-refractivity contribution is 5.66. The second-order valence-electron chi connectivity index (χ2n) is 4.46. The largest absolute Gasteiger partial charge is 0.481 e. The number of aryl methyl sites for hydroxylation is 3. The van der Waals surface area contributed by atoms with Crippen LogP contribution in [0.15, 0.2) is 30.7 Å². The first-order valence-electron chi connectivity index (χ1n) is 5.88. The van der Waals surface area contributed by atoms with Gasteiger partial charge in [-0.25, -0.2) is 4.98 Å². The van der Waals surface area contributed by atoms with Crippen LogP contribution in [0.2, 0.25) is 0 Å². The average molecular weight is 244 g/mol. The average Bonchev–Trinajstić information content (AvgIpc) is 2.78. The second-order valence-corrected chi connectivity index (χ2v) is 4.46. The fourth-order valence-corrected chi connectivity index (χ4v) is 1.86. The van der Waals surface area contributed by atoms with E-state index in [9.17, 15) is 4.79 Å².